The molecule has 1 fully saturated rings. The topological polar surface area (TPSA) is 37.8 Å². The van der Waals surface area contributed by atoms with Crippen molar-refractivity contribution in [3.05, 3.63) is 37.8 Å². The second-order valence-electron chi connectivity index (χ2n) is 4.74. The molecular weight excluding hydrogens is 436 g/mol. The van der Waals surface area contributed by atoms with E-state index in [4.69, 9.17) is 4.98 Å². The number of aromatic nitrogens is 2. The molecule has 1 N–H and O–H groups in total. The zero-order valence-corrected chi connectivity index (χ0v) is 14.5. The number of benzene rings is 1. The van der Waals surface area contributed by atoms with Crippen LogP contribution in [0.2, 0.25) is 0 Å². The maximum Gasteiger partial charge on any atom is 0.162 e. The molecule has 1 aliphatic rings. The molecule has 1 saturated carbocycles. The molecule has 2 aromatic rings. The Morgan fingerprint density at radius 3 is 2.70 bits per heavy atom. The normalized spacial score (nSPS) is 14.4. The fraction of sp³-hybridized carbons (Fsp3) is 0.286. The van der Waals surface area contributed by atoms with Gasteiger partial charge in [0.15, 0.2) is 5.82 Å². The molecule has 0 saturated heterocycles. The SMILES string of the molecule is CNc1nc(-c2ccc(F)cc2Br)nc(C2CC2)c1I. The summed E-state index contributed by atoms with van der Waals surface area (Å²) in [7, 11) is 1.85. The Labute approximate surface area is 138 Å². The van der Waals surface area contributed by atoms with Crippen LogP contribution in [0.1, 0.15) is 24.5 Å². The lowest BCUT2D eigenvalue weighted by molar-refractivity contribution is 0.627. The van der Waals surface area contributed by atoms with E-state index in [1.807, 2.05) is 7.05 Å². The fourth-order valence-electron chi connectivity index (χ4n) is 2.05. The minimum absolute atomic E-state index is 0.276. The average molecular weight is 448 g/mol. The van der Waals surface area contributed by atoms with E-state index in [0.29, 0.717) is 16.2 Å². The van der Waals surface area contributed by atoms with Gasteiger partial charge in [-0.05, 0) is 69.6 Å². The van der Waals surface area contributed by atoms with Gasteiger partial charge < -0.3 is 5.32 Å². The highest BCUT2D eigenvalue weighted by Crippen LogP contribution is 2.43. The number of hydrogen-bond acceptors (Lipinski definition) is 3. The first-order valence-electron chi connectivity index (χ1n) is 6.30. The molecule has 0 aliphatic heterocycles. The van der Waals surface area contributed by atoms with Crippen LogP contribution in [0.25, 0.3) is 11.4 Å². The van der Waals surface area contributed by atoms with E-state index >= 15 is 0 Å². The van der Waals surface area contributed by atoms with Crippen LogP contribution in [0.3, 0.4) is 0 Å². The average Bonchev–Trinajstić information content (AvgIpc) is 3.24. The number of anilines is 1. The lowest BCUT2D eigenvalue weighted by Crippen LogP contribution is -2.05. The molecule has 0 spiro atoms. The molecule has 0 bridgehead atoms. The summed E-state index contributed by atoms with van der Waals surface area (Å²) in [5.74, 6) is 1.72. The summed E-state index contributed by atoms with van der Waals surface area (Å²) in [6.45, 7) is 0. The summed E-state index contributed by atoms with van der Waals surface area (Å²) in [5.41, 5.74) is 1.90. The van der Waals surface area contributed by atoms with Gasteiger partial charge in [-0.15, -0.1) is 0 Å². The zero-order chi connectivity index (χ0) is 14.3. The van der Waals surface area contributed by atoms with Gasteiger partial charge in [0, 0.05) is 23.0 Å². The van der Waals surface area contributed by atoms with Crippen LogP contribution >= 0.6 is 38.5 Å². The van der Waals surface area contributed by atoms with Gasteiger partial charge in [0.05, 0.1) is 9.26 Å². The number of nitrogens with zero attached hydrogens (tertiary/aromatic N) is 2. The second kappa shape index (κ2) is 5.55. The molecular formula is C14H12BrFIN3. The zero-order valence-electron chi connectivity index (χ0n) is 10.8. The molecule has 1 heterocycles. The minimum atomic E-state index is -0.276. The van der Waals surface area contributed by atoms with Gasteiger partial charge >= 0.3 is 0 Å². The molecule has 0 atom stereocenters. The van der Waals surface area contributed by atoms with Crippen molar-refractivity contribution in [1.82, 2.24) is 9.97 Å². The Kier molecular flexibility index (Phi) is 3.94. The van der Waals surface area contributed by atoms with Crippen molar-refractivity contribution in [2.45, 2.75) is 18.8 Å². The number of halogens is 3. The first kappa shape index (κ1) is 14.2. The van der Waals surface area contributed by atoms with Crippen molar-refractivity contribution in [3.8, 4) is 11.4 Å². The molecule has 0 radical (unpaired) electrons. The van der Waals surface area contributed by atoms with E-state index in [2.05, 4.69) is 48.8 Å². The van der Waals surface area contributed by atoms with Crippen molar-refractivity contribution in [1.29, 1.82) is 0 Å². The van der Waals surface area contributed by atoms with Crippen LogP contribution in [-0.4, -0.2) is 17.0 Å². The van der Waals surface area contributed by atoms with Crippen molar-refractivity contribution in [2.24, 2.45) is 0 Å². The van der Waals surface area contributed by atoms with Crippen LogP contribution in [-0.2, 0) is 0 Å². The third-order valence-corrected chi connectivity index (χ3v) is 4.97. The van der Waals surface area contributed by atoms with Gasteiger partial charge in [-0.25, -0.2) is 14.4 Å². The van der Waals surface area contributed by atoms with E-state index in [0.717, 1.165) is 20.6 Å². The minimum Gasteiger partial charge on any atom is -0.372 e. The third kappa shape index (κ3) is 2.67. The van der Waals surface area contributed by atoms with Gasteiger partial charge in [0.25, 0.3) is 0 Å². The van der Waals surface area contributed by atoms with Gasteiger partial charge in [-0.1, -0.05) is 0 Å². The molecule has 0 unspecified atom stereocenters. The Bertz CT molecular complexity index is 674. The molecule has 1 aromatic carbocycles. The standard InChI is InChI=1S/C14H12BrFIN3/c1-18-14-11(17)12(7-2-3-7)19-13(20-14)9-5-4-8(16)6-10(9)15/h4-7H,2-3H2,1H3,(H,18,19,20). The maximum atomic E-state index is 13.2. The molecule has 3 rings (SSSR count). The first-order valence-corrected chi connectivity index (χ1v) is 8.18. The van der Waals surface area contributed by atoms with Gasteiger partial charge in [0.2, 0.25) is 0 Å². The Balaban J connectivity index is 2.15. The van der Waals surface area contributed by atoms with Crippen LogP contribution in [0.4, 0.5) is 10.2 Å². The highest BCUT2D eigenvalue weighted by molar-refractivity contribution is 14.1. The van der Waals surface area contributed by atoms with Crippen LogP contribution < -0.4 is 5.32 Å². The summed E-state index contributed by atoms with van der Waals surface area (Å²) in [4.78, 5) is 9.23. The third-order valence-electron chi connectivity index (χ3n) is 3.25. The second-order valence-corrected chi connectivity index (χ2v) is 6.68. The summed E-state index contributed by atoms with van der Waals surface area (Å²) in [6, 6.07) is 4.57. The summed E-state index contributed by atoms with van der Waals surface area (Å²) < 4.78 is 15.0. The van der Waals surface area contributed by atoms with E-state index < -0.39 is 0 Å². The molecule has 1 aliphatic carbocycles. The van der Waals surface area contributed by atoms with Gasteiger partial charge in [-0.2, -0.15) is 0 Å². The van der Waals surface area contributed by atoms with E-state index in [-0.39, 0.29) is 5.82 Å². The number of hydrogen-bond donors (Lipinski definition) is 1. The lowest BCUT2D eigenvalue weighted by atomic mass is 10.2. The molecule has 6 heteroatoms. The van der Waals surface area contributed by atoms with Crippen molar-refractivity contribution in [3.63, 3.8) is 0 Å². The summed E-state index contributed by atoms with van der Waals surface area (Å²) in [5, 5.41) is 3.11. The smallest absolute Gasteiger partial charge is 0.162 e. The summed E-state index contributed by atoms with van der Waals surface area (Å²) >= 11 is 5.67. The monoisotopic (exact) mass is 447 g/mol. The van der Waals surface area contributed by atoms with Crippen molar-refractivity contribution in [2.75, 3.05) is 12.4 Å². The molecule has 0 amide bonds. The molecule has 104 valence electrons. The molecule has 1 aromatic heterocycles. The van der Waals surface area contributed by atoms with Gasteiger partial charge in [-0.3, -0.25) is 0 Å². The largest absolute Gasteiger partial charge is 0.372 e. The van der Waals surface area contributed by atoms with E-state index in [9.17, 15) is 4.39 Å². The van der Waals surface area contributed by atoms with E-state index in [1.54, 1.807) is 6.07 Å². The molecule has 20 heavy (non-hydrogen) atoms. The van der Waals surface area contributed by atoms with E-state index in [1.165, 1.54) is 25.0 Å². The Morgan fingerprint density at radius 1 is 1.35 bits per heavy atom. The Morgan fingerprint density at radius 2 is 2.10 bits per heavy atom. The first-order chi connectivity index (χ1) is 9.60. The quantitative estimate of drug-likeness (QED) is 0.700. The lowest BCUT2D eigenvalue weighted by Gasteiger charge is -2.11. The van der Waals surface area contributed by atoms with Crippen LogP contribution in [0.15, 0.2) is 22.7 Å². The summed E-state index contributed by atoms with van der Waals surface area (Å²) in [6.07, 6.45) is 2.36. The molecule has 3 nitrogen and oxygen atoms in total. The number of rotatable bonds is 3. The van der Waals surface area contributed by atoms with Gasteiger partial charge in [0.1, 0.15) is 11.6 Å². The van der Waals surface area contributed by atoms with Crippen molar-refractivity contribution < 1.29 is 4.39 Å². The van der Waals surface area contributed by atoms with Crippen molar-refractivity contribution >= 4 is 44.3 Å². The number of nitrogens with one attached hydrogen (secondary N) is 1. The highest BCUT2D eigenvalue weighted by atomic mass is 127. The maximum absolute atomic E-state index is 13.2. The predicted octanol–water partition coefficient (Wildman–Crippen LogP) is 4.57. The fourth-order valence-corrected chi connectivity index (χ4v) is 3.53. The van der Waals surface area contributed by atoms with Crippen LogP contribution in [0.5, 0.6) is 0 Å². The highest BCUT2D eigenvalue weighted by Gasteiger charge is 2.29. The van der Waals surface area contributed by atoms with Crippen LogP contribution in [0, 0.1) is 9.39 Å². The predicted molar refractivity (Wildman–Crippen MR) is 89.4 cm³/mol. The Hall–Kier alpha value is -0.760.